The zero-order chi connectivity index (χ0) is 19.6. The molecule has 3 N–H and O–H groups in total. The van der Waals surface area contributed by atoms with Gasteiger partial charge in [-0.05, 0) is 43.2 Å². The van der Waals surface area contributed by atoms with Gasteiger partial charge in [-0.25, -0.2) is 0 Å². The van der Waals surface area contributed by atoms with Crippen molar-refractivity contribution in [3.63, 3.8) is 0 Å². The molecule has 27 heavy (non-hydrogen) atoms. The number of furan rings is 1. The standard InChI is InChI=1S/C19H20N4O4/c1-11-4-5-12(2)16(8-11)26-10-13-6-7-15(27-13)19(25)22-14-9-21-23(3)17(14)18(20)24/h4-9H,10H2,1-3H3,(H2,20,24)(H,22,25). The van der Waals surface area contributed by atoms with Crippen molar-refractivity contribution in [3.8, 4) is 5.75 Å². The van der Waals surface area contributed by atoms with Crippen LogP contribution in [-0.4, -0.2) is 21.6 Å². The number of benzene rings is 1. The van der Waals surface area contributed by atoms with Crippen molar-refractivity contribution in [2.24, 2.45) is 12.8 Å². The summed E-state index contributed by atoms with van der Waals surface area (Å²) < 4.78 is 12.6. The highest BCUT2D eigenvalue weighted by atomic mass is 16.5. The summed E-state index contributed by atoms with van der Waals surface area (Å²) >= 11 is 0. The van der Waals surface area contributed by atoms with Gasteiger partial charge in [-0.15, -0.1) is 0 Å². The van der Waals surface area contributed by atoms with Crippen LogP contribution < -0.4 is 15.8 Å². The number of amides is 2. The van der Waals surface area contributed by atoms with E-state index < -0.39 is 11.8 Å². The van der Waals surface area contributed by atoms with Crippen LogP contribution in [0.3, 0.4) is 0 Å². The third kappa shape index (κ3) is 4.00. The SMILES string of the molecule is Cc1ccc(C)c(OCc2ccc(C(=O)Nc3cnn(C)c3C(N)=O)o2)c1. The molecular weight excluding hydrogens is 348 g/mol. The Labute approximate surface area is 155 Å². The van der Waals surface area contributed by atoms with E-state index in [-0.39, 0.29) is 23.7 Å². The number of ether oxygens (including phenoxy) is 1. The number of aromatic nitrogens is 2. The average Bonchev–Trinajstić information content (AvgIpc) is 3.22. The lowest BCUT2D eigenvalue weighted by molar-refractivity contribution is 0.0992. The molecule has 8 nitrogen and oxygen atoms in total. The first-order valence-electron chi connectivity index (χ1n) is 8.27. The molecular formula is C19H20N4O4. The van der Waals surface area contributed by atoms with Gasteiger partial charge in [0.05, 0.1) is 11.9 Å². The fraction of sp³-hybridized carbons (Fsp3) is 0.211. The van der Waals surface area contributed by atoms with E-state index in [9.17, 15) is 9.59 Å². The van der Waals surface area contributed by atoms with Crippen LogP contribution in [-0.2, 0) is 13.7 Å². The molecule has 2 amide bonds. The smallest absolute Gasteiger partial charge is 0.291 e. The normalized spacial score (nSPS) is 10.6. The Bertz CT molecular complexity index is 1000. The summed E-state index contributed by atoms with van der Waals surface area (Å²) in [6, 6.07) is 9.14. The Kier molecular flexibility index (Phi) is 4.98. The maximum atomic E-state index is 12.3. The molecule has 0 radical (unpaired) electrons. The van der Waals surface area contributed by atoms with Gasteiger partial charge < -0.3 is 20.2 Å². The lowest BCUT2D eigenvalue weighted by atomic mass is 10.1. The predicted octanol–water partition coefficient (Wildman–Crippen LogP) is 2.56. The van der Waals surface area contributed by atoms with Crippen LogP contribution in [0.4, 0.5) is 5.69 Å². The summed E-state index contributed by atoms with van der Waals surface area (Å²) in [7, 11) is 1.56. The third-order valence-electron chi connectivity index (χ3n) is 4.02. The van der Waals surface area contributed by atoms with Crippen molar-refractivity contribution in [1.82, 2.24) is 9.78 Å². The summed E-state index contributed by atoms with van der Waals surface area (Å²) in [5.41, 5.74) is 7.74. The van der Waals surface area contributed by atoms with Crippen LogP contribution in [0.5, 0.6) is 5.75 Å². The van der Waals surface area contributed by atoms with E-state index in [0.717, 1.165) is 16.9 Å². The molecule has 140 valence electrons. The van der Waals surface area contributed by atoms with Gasteiger partial charge in [0.2, 0.25) is 0 Å². The molecule has 0 unspecified atom stereocenters. The molecule has 1 aromatic carbocycles. The Hall–Kier alpha value is -3.55. The van der Waals surface area contributed by atoms with Gasteiger partial charge in [-0.1, -0.05) is 12.1 Å². The Morgan fingerprint density at radius 2 is 2.04 bits per heavy atom. The van der Waals surface area contributed by atoms with E-state index in [1.165, 1.54) is 16.9 Å². The minimum absolute atomic E-state index is 0.0915. The molecule has 8 heteroatoms. The number of nitrogens with two attached hydrogens (primary N) is 1. The number of hydrogen-bond acceptors (Lipinski definition) is 5. The minimum Gasteiger partial charge on any atom is -0.485 e. The molecule has 0 saturated heterocycles. The first-order valence-corrected chi connectivity index (χ1v) is 8.27. The van der Waals surface area contributed by atoms with Crippen molar-refractivity contribution in [1.29, 1.82) is 0 Å². The second kappa shape index (κ2) is 7.36. The lowest BCUT2D eigenvalue weighted by Gasteiger charge is -2.08. The van der Waals surface area contributed by atoms with Crippen molar-refractivity contribution >= 4 is 17.5 Å². The number of primary amides is 1. The van der Waals surface area contributed by atoms with Gasteiger partial charge in [0.1, 0.15) is 23.8 Å². The van der Waals surface area contributed by atoms with Gasteiger partial charge in [0, 0.05) is 7.05 Å². The predicted molar refractivity (Wildman–Crippen MR) is 98.6 cm³/mol. The first-order chi connectivity index (χ1) is 12.8. The first kappa shape index (κ1) is 18.2. The molecule has 2 aromatic heterocycles. The van der Waals surface area contributed by atoms with Gasteiger partial charge in [-0.3, -0.25) is 14.3 Å². The average molecular weight is 368 g/mol. The third-order valence-corrected chi connectivity index (χ3v) is 4.02. The molecule has 0 saturated carbocycles. The van der Waals surface area contributed by atoms with E-state index in [1.807, 2.05) is 32.0 Å². The fourth-order valence-electron chi connectivity index (χ4n) is 2.59. The summed E-state index contributed by atoms with van der Waals surface area (Å²) in [6.07, 6.45) is 1.35. The van der Waals surface area contributed by atoms with Gasteiger partial charge in [0.15, 0.2) is 5.76 Å². The molecule has 0 aliphatic carbocycles. The van der Waals surface area contributed by atoms with Crippen LogP contribution >= 0.6 is 0 Å². The monoisotopic (exact) mass is 368 g/mol. The Balaban J connectivity index is 1.67. The highest BCUT2D eigenvalue weighted by molar-refractivity contribution is 6.06. The van der Waals surface area contributed by atoms with E-state index >= 15 is 0 Å². The molecule has 0 bridgehead atoms. The number of carbonyl (C=O) groups is 2. The minimum atomic E-state index is -0.688. The fourth-order valence-corrected chi connectivity index (χ4v) is 2.59. The zero-order valence-electron chi connectivity index (χ0n) is 15.3. The number of hydrogen-bond donors (Lipinski definition) is 2. The van der Waals surface area contributed by atoms with Gasteiger partial charge in [0.25, 0.3) is 11.8 Å². The highest BCUT2D eigenvalue weighted by Crippen LogP contribution is 2.21. The largest absolute Gasteiger partial charge is 0.485 e. The number of aryl methyl sites for hydroxylation is 3. The van der Waals surface area contributed by atoms with E-state index in [4.69, 9.17) is 14.9 Å². The number of anilines is 1. The van der Waals surface area contributed by atoms with E-state index in [0.29, 0.717) is 5.76 Å². The van der Waals surface area contributed by atoms with Crippen molar-refractivity contribution in [2.45, 2.75) is 20.5 Å². The molecule has 3 aromatic rings. The number of carbonyl (C=O) groups excluding carboxylic acids is 2. The molecule has 3 rings (SSSR count). The molecule has 0 fully saturated rings. The summed E-state index contributed by atoms with van der Waals surface area (Å²) in [5, 5.41) is 6.49. The Morgan fingerprint density at radius 1 is 1.26 bits per heavy atom. The van der Waals surface area contributed by atoms with Crippen LogP contribution in [0.25, 0.3) is 0 Å². The van der Waals surface area contributed by atoms with Crippen LogP contribution in [0.2, 0.25) is 0 Å². The van der Waals surface area contributed by atoms with E-state index in [1.54, 1.807) is 13.1 Å². The summed E-state index contributed by atoms with van der Waals surface area (Å²) in [4.78, 5) is 23.8. The molecule has 0 spiro atoms. The maximum Gasteiger partial charge on any atom is 0.291 e. The topological polar surface area (TPSA) is 112 Å². The lowest BCUT2D eigenvalue weighted by Crippen LogP contribution is -2.20. The summed E-state index contributed by atoms with van der Waals surface area (Å²) in [6.45, 7) is 4.14. The number of nitrogens with one attached hydrogen (secondary N) is 1. The molecule has 0 aliphatic rings. The highest BCUT2D eigenvalue weighted by Gasteiger charge is 2.19. The quantitative estimate of drug-likeness (QED) is 0.694. The van der Waals surface area contributed by atoms with Crippen LogP contribution in [0, 0.1) is 13.8 Å². The van der Waals surface area contributed by atoms with Crippen molar-refractivity contribution < 1.29 is 18.7 Å². The second-order valence-corrected chi connectivity index (χ2v) is 6.17. The van der Waals surface area contributed by atoms with Crippen molar-refractivity contribution in [2.75, 3.05) is 5.32 Å². The Morgan fingerprint density at radius 3 is 2.78 bits per heavy atom. The second-order valence-electron chi connectivity index (χ2n) is 6.17. The van der Waals surface area contributed by atoms with Crippen LogP contribution in [0.1, 0.15) is 37.9 Å². The van der Waals surface area contributed by atoms with Gasteiger partial charge >= 0.3 is 0 Å². The van der Waals surface area contributed by atoms with Gasteiger partial charge in [-0.2, -0.15) is 5.10 Å². The zero-order valence-corrected chi connectivity index (χ0v) is 15.3. The maximum absolute atomic E-state index is 12.3. The molecule has 2 heterocycles. The van der Waals surface area contributed by atoms with Crippen LogP contribution in [0.15, 0.2) is 40.9 Å². The number of rotatable bonds is 6. The van der Waals surface area contributed by atoms with E-state index in [2.05, 4.69) is 10.4 Å². The molecule has 0 aliphatic heterocycles. The number of nitrogens with zero attached hydrogens (tertiary/aromatic N) is 2. The summed E-state index contributed by atoms with van der Waals surface area (Å²) in [5.74, 6) is 0.158. The van der Waals surface area contributed by atoms with Crippen molar-refractivity contribution in [3.05, 3.63) is 64.9 Å². The molecule has 0 atom stereocenters.